The number of fused-ring (bicyclic) bond motifs is 1. The Bertz CT molecular complexity index is 1190. The molecule has 4 aromatic heterocycles. The molecule has 0 unspecified atom stereocenters. The van der Waals surface area contributed by atoms with Crippen molar-refractivity contribution < 1.29 is 4.74 Å². The Hall–Kier alpha value is -3.40. The first-order chi connectivity index (χ1) is 16.8. The van der Waals surface area contributed by atoms with Crippen molar-refractivity contribution in [2.45, 2.75) is 52.0 Å². The predicted molar refractivity (Wildman–Crippen MR) is 128 cm³/mol. The highest BCUT2D eigenvalue weighted by Gasteiger charge is 2.14. The van der Waals surface area contributed by atoms with Gasteiger partial charge in [-0.05, 0) is 56.3 Å². The molecule has 0 saturated carbocycles. The highest BCUT2D eigenvalue weighted by Crippen LogP contribution is 2.18. The fourth-order valence-electron chi connectivity index (χ4n) is 4.21. The fourth-order valence-corrected chi connectivity index (χ4v) is 4.21. The van der Waals surface area contributed by atoms with E-state index in [0.29, 0.717) is 35.9 Å². The van der Waals surface area contributed by atoms with Crippen molar-refractivity contribution in [1.82, 2.24) is 45.0 Å². The molecule has 0 aromatic carbocycles. The second-order valence-corrected chi connectivity index (χ2v) is 8.82. The molecule has 0 atom stereocenters. The van der Waals surface area contributed by atoms with Gasteiger partial charge in [0.15, 0.2) is 11.2 Å². The molecule has 1 fully saturated rings. The Morgan fingerprint density at radius 2 is 2.03 bits per heavy atom. The first-order valence-electron chi connectivity index (χ1n) is 12.2. The summed E-state index contributed by atoms with van der Waals surface area (Å²) < 4.78 is 9.38. The zero-order valence-electron chi connectivity index (χ0n) is 19.6. The van der Waals surface area contributed by atoms with Crippen LogP contribution in [0.3, 0.4) is 0 Å². The van der Waals surface area contributed by atoms with Crippen molar-refractivity contribution >= 4 is 11.2 Å². The molecule has 0 bridgehead atoms. The zero-order chi connectivity index (χ0) is 23.2. The first-order valence-corrected chi connectivity index (χ1v) is 12.2. The van der Waals surface area contributed by atoms with E-state index < -0.39 is 0 Å². The van der Waals surface area contributed by atoms with Gasteiger partial charge in [0.05, 0.1) is 30.9 Å². The largest absolute Gasteiger partial charge is 0.478 e. The molecule has 178 valence electrons. The van der Waals surface area contributed by atoms with E-state index in [4.69, 9.17) is 9.72 Å². The number of unbranched alkanes of at least 4 members (excludes halogenated alkanes) is 1. The molecule has 5 heterocycles. The van der Waals surface area contributed by atoms with Gasteiger partial charge in [0.25, 0.3) is 0 Å². The standard InChI is InChI=1S/C24H31N9O/c1-2-3-12-34-23-5-4-20(15-27-23)33-24-21(30-31-33)16-26-22(29-24)13-19-14-28-32(17-19)11-8-18-6-9-25-10-7-18/h4-5,14-18,25H,2-3,6-13H2,1H3. The van der Waals surface area contributed by atoms with Crippen LogP contribution in [0.4, 0.5) is 0 Å². The summed E-state index contributed by atoms with van der Waals surface area (Å²) in [6, 6.07) is 3.76. The van der Waals surface area contributed by atoms with Crippen molar-refractivity contribution in [2.75, 3.05) is 19.7 Å². The van der Waals surface area contributed by atoms with Crippen LogP contribution in [0.25, 0.3) is 16.9 Å². The molecule has 0 spiro atoms. The topological polar surface area (TPSA) is 108 Å². The van der Waals surface area contributed by atoms with Crippen LogP contribution in [0.1, 0.15) is 50.4 Å². The molecule has 4 aromatic rings. The van der Waals surface area contributed by atoms with Gasteiger partial charge >= 0.3 is 0 Å². The SMILES string of the molecule is CCCCOc1ccc(-n2nnc3cnc(Cc4cnn(CCC5CCNCC5)c4)nc32)cn1. The van der Waals surface area contributed by atoms with Crippen LogP contribution in [-0.2, 0) is 13.0 Å². The number of piperidine rings is 1. The summed E-state index contributed by atoms with van der Waals surface area (Å²) in [4.78, 5) is 13.6. The number of nitrogens with one attached hydrogen (secondary N) is 1. The minimum atomic E-state index is 0.606. The van der Waals surface area contributed by atoms with Gasteiger partial charge < -0.3 is 10.1 Å². The lowest BCUT2D eigenvalue weighted by Crippen LogP contribution is -2.28. The van der Waals surface area contributed by atoms with Crippen LogP contribution in [0.2, 0.25) is 0 Å². The molecule has 1 saturated heterocycles. The molecule has 0 amide bonds. The average molecular weight is 462 g/mol. The lowest BCUT2D eigenvalue weighted by molar-refractivity contribution is 0.298. The number of pyridine rings is 1. The number of aromatic nitrogens is 8. The molecule has 5 rings (SSSR count). The van der Waals surface area contributed by atoms with Gasteiger partial charge in [-0.25, -0.2) is 15.0 Å². The molecular formula is C24H31N9O. The van der Waals surface area contributed by atoms with E-state index in [1.165, 1.54) is 19.3 Å². The summed E-state index contributed by atoms with van der Waals surface area (Å²) in [5.74, 6) is 2.11. The van der Waals surface area contributed by atoms with E-state index in [-0.39, 0.29) is 0 Å². The number of aryl methyl sites for hydroxylation is 1. The highest BCUT2D eigenvalue weighted by atomic mass is 16.5. The van der Waals surface area contributed by atoms with Gasteiger partial charge in [-0.1, -0.05) is 18.6 Å². The zero-order valence-corrected chi connectivity index (χ0v) is 19.6. The Kier molecular flexibility index (Phi) is 7.04. The molecule has 1 aliphatic rings. The number of ether oxygens (including phenoxy) is 1. The Labute approximate surface area is 198 Å². The Morgan fingerprint density at radius 3 is 2.85 bits per heavy atom. The number of hydrogen-bond acceptors (Lipinski definition) is 8. The third kappa shape index (κ3) is 5.39. The van der Waals surface area contributed by atoms with Crippen LogP contribution < -0.4 is 10.1 Å². The maximum Gasteiger partial charge on any atom is 0.213 e. The first kappa shape index (κ1) is 22.4. The molecule has 10 heteroatoms. The van der Waals surface area contributed by atoms with Crippen molar-refractivity contribution in [3.8, 4) is 11.6 Å². The summed E-state index contributed by atoms with van der Waals surface area (Å²) in [5, 5.41) is 16.4. The van der Waals surface area contributed by atoms with Gasteiger partial charge in [0, 0.05) is 25.2 Å². The average Bonchev–Trinajstić information content (AvgIpc) is 3.51. The van der Waals surface area contributed by atoms with Crippen molar-refractivity contribution in [3.63, 3.8) is 0 Å². The van der Waals surface area contributed by atoms with Gasteiger partial charge in [-0.2, -0.15) is 9.78 Å². The second kappa shape index (κ2) is 10.7. The van der Waals surface area contributed by atoms with Crippen LogP contribution >= 0.6 is 0 Å². The molecule has 0 aliphatic carbocycles. The van der Waals surface area contributed by atoms with Crippen LogP contribution in [-0.4, -0.2) is 59.4 Å². The minimum absolute atomic E-state index is 0.606. The second-order valence-electron chi connectivity index (χ2n) is 8.82. The van der Waals surface area contributed by atoms with E-state index in [0.717, 1.165) is 49.6 Å². The van der Waals surface area contributed by atoms with E-state index in [1.54, 1.807) is 17.1 Å². The van der Waals surface area contributed by atoms with Crippen molar-refractivity contribution in [2.24, 2.45) is 5.92 Å². The quantitative estimate of drug-likeness (QED) is 0.359. The molecule has 1 aliphatic heterocycles. The van der Waals surface area contributed by atoms with Crippen molar-refractivity contribution in [3.05, 3.63) is 48.3 Å². The maximum atomic E-state index is 5.65. The van der Waals surface area contributed by atoms with Gasteiger partial charge in [-0.3, -0.25) is 4.68 Å². The summed E-state index contributed by atoms with van der Waals surface area (Å²) in [7, 11) is 0. The summed E-state index contributed by atoms with van der Waals surface area (Å²) in [6.45, 7) is 6.02. The summed E-state index contributed by atoms with van der Waals surface area (Å²) in [5.41, 5.74) is 3.18. The summed E-state index contributed by atoms with van der Waals surface area (Å²) >= 11 is 0. The van der Waals surface area contributed by atoms with E-state index in [2.05, 4.69) is 43.8 Å². The van der Waals surface area contributed by atoms with Gasteiger partial charge in [-0.15, -0.1) is 5.10 Å². The number of rotatable bonds is 10. The van der Waals surface area contributed by atoms with E-state index in [1.807, 2.05) is 23.0 Å². The third-order valence-electron chi connectivity index (χ3n) is 6.23. The summed E-state index contributed by atoms with van der Waals surface area (Å²) in [6.07, 6.45) is 13.9. The maximum absolute atomic E-state index is 5.65. The molecule has 10 nitrogen and oxygen atoms in total. The third-order valence-corrected chi connectivity index (χ3v) is 6.23. The number of hydrogen-bond donors (Lipinski definition) is 1. The van der Waals surface area contributed by atoms with Crippen LogP contribution in [0.15, 0.2) is 36.9 Å². The highest BCUT2D eigenvalue weighted by molar-refractivity contribution is 5.70. The van der Waals surface area contributed by atoms with Crippen molar-refractivity contribution in [1.29, 1.82) is 0 Å². The fraction of sp³-hybridized carbons (Fsp3) is 0.500. The molecular weight excluding hydrogens is 430 g/mol. The van der Waals surface area contributed by atoms with E-state index in [9.17, 15) is 0 Å². The smallest absolute Gasteiger partial charge is 0.213 e. The van der Waals surface area contributed by atoms with Gasteiger partial charge in [0.2, 0.25) is 5.88 Å². The number of nitrogens with zero attached hydrogens (tertiary/aromatic N) is 8. The lowest BCUT2D eigenvalue weighted by Gasteiger charge is -2.22. The van der Waals surface area contributed by atoms with Crippen LogP contribution in [0.5, 0.6) is 5.88 Å². The van der Waals surface area contributed by atoms with E-state index >= 15 is 0 Å². The normalized spacial score (nSPS) is 14.6. The predicted octanol–water partition coefficient (Wildman–Crippen LogP) is 2.96. The molecule has 1 N–H and O–H groups in total. The van der Waals surface area contributed by atoms with Crippen LogP contribution in [0, 0.1) is 5.92 Å². The molecule has 0 radical (unpaired) electrons. The monoisotopic (exact) mass is 461 g/mol. The minimum Gasteiger partial charge on any atom is -0.478 e. The lowest BCUT2D eigenvalue weighted by atomic mass is 9.95. The Morgan fingerprint density at radius 1 is 1.12 bits per heavy atom. The van der Waals surface area contributed by atoms with Gasteiger partial charge in [0.1, 0.15) is 5.82 Å². The molecule has 34 heavy (non-hydrogen) atoms. The Balaban J connectivity index is 1.25.